The second kappa shape index (κ2) is 7.81. The van der Waals surface area contributed by atoms with E-state index in [-0.39, 0.29) is 17.0 Å². The molecule has 2 atom stereocenters. The topological polar surface area (TPSA) is 67.4 Å². The Morgan fingerprint density at radius 1 is 1.31 bits per heavy atom. The summed E-state index contributed by atoms with van der Waals surface area (Å²) in [5.41, 5.74) is -0.581. The van der Waals surface area contributed by atoms with E-state index in [0.29, 0.717) is 22.5 Å². The number of ether oxygens (including phenoxy) is 1. The van der Waals surface area contributed by atoms with Crippen LogP contribution in [0.1, 0.15) is 32.1 Å². The molecule has 10 heteroatoms. The Kier molecular flexibility index (Phi) is 5.75. The number of aromatic nitrogens is 2. The van der Waals surface area contributed by atoms with E-state index in [4.69, 9.17) is 4.74 Å². The van der Waals surface area contributed by atoms with E-state index in [1.54, 1.807) is 20.8 Å². The largest absolute Gasteiger partial charge is 0.444 e. The number of anilines is 1. The minimum absolute atomic E-state index is 0.0704. The minimum Gasteiger partial charge on any atom is -0.444 e. The summed E-state index contributed by atoms with van der Waals surface area (Å²) in [5, 5.41) is 3.40. The number of nitrogens with one attached hydrogen (secondary N) is 1. The molecule has 6 nitrogen and oxygen atoms in total. The molecule has 3 rings (SSSR count). The molecule has 1 N–H and O–H groups in total. The van der Waals surface area contributed by atoms with Crippen LogP contribution in [0.2, 0.25) is 0 Å². The summed E-state index contributed by atoms with van der Waals surface area (Å²) in [6.07, 6.45) is 0.0371. The minimum atomic E-state index is -4.27. The highest BCUT2D eigenvalue weighted by Crippen LogP contribution is 2.34. The van der Waals surface area contributed by atoms with E-state index in [1.165, 1.54) is 12.4 Å². The maximum absolute atomic E-state index is 12.7. The van der Waals surface area contributed by atoms with Crippen molar-refractivity contribution < 1.29 is 22.7 Å². The van der Waals surface area contributed by atoms with Gasteiger partial charge < -0.3 is 15.0 Å². The number of rotatable bonds is 4. The highest BCUT2D eigenvalue weighted by molar-refractivity contribution is 7.18. The standard InChI is InChI=1S/C19H23F3N4O2S/c1-18(2,3)28-17(27)25-11-5-6-12(7-11)26(4)15-14-8-13(9-19(20,21)22)29-16(14)24-10-23-15/h5-6,8,10-12H,7,9H2,1-4H3,(H,25,27). The van der Waals surface area contributed by atoms with Crippen LogP contribution in [0.25, 0.3) is 10.2 Å². The van der Waals surface area contributed by atoms with E-state index < -0.39 is 24.3 Å². The summed E-state index contributed by atoms with van der Waals surface area (Å²) < 4.78 is 43.5. The van der Waals surface area contributed by atoms with Crippen molar-refractivity contribution in [2.75, 3.05) is 11.9 Å². The number of carbonyl (C=O) groups excluding carboxylic acids is 1. The molecule has 2 aromatic heterocycles. The number of amides is 1. The third-order valence-corrected chi connectivity index (χ3v) is 5.37. The van der Waals surface area contributed by atoms with Gasteiger partial charge in [-0.3, -0.25) is 0 Å². The lowest BCUT2D eigenvalue weighted by atomic mass is 10.2. The molecule has 0 fully saturated rings. The van der Waals surface area contributed by atoms with Crippen LogP contribution in [0.15, 0.2) is 24.5 Å². The fraction of sp³-hybridized carbons (Fsp3) is 0.526. The van der Waals surface area contributed by atoms with Crippen molar-refractivity contribution >= 4 is 33.5 Å². The average molecular weight is 428 g/mol. The van der Waals surface area contributed by atoms with E-state index in [9.17, 15) is 18.0 Å². The van der Waals surface area contributed by atoms with Crippen molar-refractivity contribution in [3.63, 3.8) is 0 Å². The predicted molar refractivity (Wildman–Crippen MR) is 106 cm³/mol. The quantitative estimate of drug-likeness (QED) is 0.729. The molecule has 0 bridgehead atoms. The third kappa shape index (κ3) is 5.59. The number of alkyl halides is 3. The van der Waals surface area contributed by atoms with Crippen LogP contribution in [0.5, 0.6) is 0 Å². The first-order valence-corrected chi connectivity index (χ1v) is 9.94. The predicted octanol–water partition coefficient (Wildman–Crippen LogP) is 4.45. The number of thiophene rings is 1. The smallest absolute Gasteiger partial charge is 0.408 e. The normalized spacial score (nSPS) is 19.6. The highest BCUT2D eigenvalue weighted by Gasteiger charge is 2.30. The van der Waals surface area contributed by atoms with Gasteiger partial charge in [-0.15, -0.1) is 11.3 Å². The van der Waals surface area contributed by atoms with Crippen molar-refractivity contribution in [1.82, 2.24) is 15.3 Å². The van der Waals surface area contributed by atoms with E-state index >= 15 is 0 Å². The number of carbonyl (C=O) groups is 1. The lowest BCUT2D eigenvalue weighted by Crippen LogP contribution is -2.39. The molecular formula is C19H23F3N4O2S. The average Bonchev–Trinajstić information content (AvgIpc) is 3.16. The number of alkyl carbamates (subject to hydrolysis) is 1. The van der Waals surface area contributed by atoms with Gasteiger partial charge in [0, 0.05) is 11.9 Å². The van der Waals surface area contributed by atoms with Crippen molar-refractivity contribution in [2.45, 2.75) is 57.5 Å². The monoisotopic (exact) mass is 428 g/mol. The molecule has 1 aliphatic rings. The molecular weight excluding hydrogens is 405 g/mol. The lowest BCUT2D eigenvalue weighted by molar-refractivity contribution is -0.126. The Balaban J connectivity index is 1.71. The molecule has 0 aliphatic heterocycles. The molecule has 2 heterocycles. The van der Waals surface area contributed by atoms with Crippen molar-refractivity contribution in [3.8, 4) is 0 Å². The molecule has 0 radical (unpaired) electrons. The summed E-state index contributed by atoms with van der Waals surface area (Å²) in [6, 6.07) is 1.24. The van der Waals surface area contributed by atoms with Gasteiger partial charge in [-0.05, 0) is 33.3 Å². The number of hydrogen-bond donors (Lipinski definition) is 1. The van der Waals surface area contributed by atoms with Gasteiger partial charge in [0.2, 0.25) is 0 Å². The molecule has 29 heavy (non-hydrogen) atoms. The van der Waals surface area contributed by atoms with Crippen LogP contribution in [0.3, 0.4) is 0 Å². The maximum Gasteiger partial charge on any atom is 0.408 e. The number of hydrogen-bond acceptors (Lipinski definition) is 6. The van der Waals surface area contributed by atoms with Crippen LogP contribution in [0.4, 0.5) is 23.8 Å². The molecule has 0 aromatic carbocycles. The van der Waals surface area contributed by atoms with E-state index in [0.717, 1.165) is 11.3 Å². The third-order valence-electron chi connectivity index (χ3n) is 4.33. The first-order chi connectivity index (χ1) is 13.4. The Morgan fingerprint density at radius 2 is 2.03 bits per heavy atom. The second-order valence-corrected chi connectivity index (χ2v) is 9.09. The maximum atomic E-state index is 12.7. The molecule has 0 saturated carbocycles. The van der Waals surface area contributed by atoms with Gasteiger partial charge in [0.25, 0.3) is 0 Å². The zero-order valence-electron chi connectivity index (χ0n) is 16.6. The van der Waals surface area contributed by atoms with Gasteiger partial charge in [-0.2, -0.15) is 13.2 Å². The fourth-order valence-electron chi connectivity index (χ4n) is 3.15. The first kappa shape index (κ1) is 21.4. The van der Waals surface area contributed by atoms with Gasteiger partial charge in [0.05, 0.1) is 23.9 Å². The zero-order valence-corrected chi connectivity index (χ0v) is 17.4. The van der Waals surface area contributed by atoms with Crippen LogP contribution in [0, 0.1) is 0 Å². The fourth-order valence-corrected chi connectivity index (χ4v) is 4.17. The molecule has 0 saturated heterocycles. The molecule has 0 spiro atoms. The highest BCUT2D eigenvalue weighted by atomic mass is 32.1. The number of nitrogens with zero attached hydrogens (tertiary/aromatic N) is 3. The second-order valence-electron chi connectivity index (χ2n) is 7.97. The van der Waals surface area contributed by atoms with Gasteiger partial charge in [-0.1, -0.05) is 12.2 Å². The Morgan fingerprint density at radius 3 is 2.69 bits per heavy atom. The van der Waals surface area contributed by atoms with Crippen LogP contribution in [-0.4, -0.2) is 47.0 Å². The number of likely N-dealkylation sites (N-methyl/N-ethyl adjacent to an activating group) is 1. The summed E-state index contributed by atoms with van der Waals surface area (Å²) in [7, 11) is 1.83. The summed E-state index contributed by atoms with van der Waals surface area (Å²) in [6.45, 7) is 5.38. The van der Waals surface area contributed by atoms with E-state index in [2.05, 4.69) is 15.3 Å². The lowest BCUT2D eigenvalue weighted by Gasteiger charge is -2.26. The van der Waals surface area contributed by atoms with Crippen LogP contribution < -0.4 is 10.2 Å². The zero-order chi connectivity index (χ0) is 21.4. The van der Waals surface area contributed by atoms with Crippen LogP contribution in [-0.2, 0) is 11.2 Å². The molecule has 2 unspecified atom stereocenters. The molecule has 1 aliphatic carbocycles. The SMILES string of the molecule is CN(c1ncnc2sc(CC(F)(F)F)cc12)C1C=CC(NC(=O)OC(C)(C)C)C1. The Bertz CT molecular complexity index is 920. The molecule has 1 amide bonds. The van der Waals surface area contributed by atoms with Crippen molar-refractivity contribution in [3.05, 3.63) is 29.4 Å². The van der Waals surface area contributed by atoms with Crippen molar-refractivity contribution in [2.24, 2.45) is 0 Å². The van der Waals surface area contributed by atoms with Crippen molar-refractivity contribution in [1.29, 1.82) is 0 Å². The van der Waals surface area contributed by atoms with Crippen LogP contribution >= 0.6 is 11.3 Å². The number of fused-ring (bicyclic) bond motifs is 1. The van der Waals surface area contributed by atoms with Gasteiger partial charge in [0.1, 0.15) is 22.6 Å². The summed E-state index contributed by atoms with van der Waals surface area (Å²) >= 11 is 1.02. The summed E-state index contributed by atoms with van der Waals surface area (Å²) in [5.74, 6) is 0.562. The first-order valence-electron chi connectivity index (χ1n) is 9.12. The van der Waals surface area contributed by atoms with Gasteiger partial charge in [0.15, 0.2) is 0 Å². The Labute approximate surface area is 170 Å². The van der Waals surface area contributed by atoms with E-state index in [1.807, 2.05) is 24.1 Å². The van der Waals surface area contributed by atoms with Gasteiger partial charge in [-0.25, -0.2) is 14.8 Å². The number of halogens is 3. The molecule has 158 valence electrons. The molecule has 2 aromatic rings. The Hall–Kier alpha value is -2.36. The van der Waals surface area contributed by atoms with Gasteiger partial charge >= 0.3 is 12.3 Å². The summed E-state index contributed by atoms with van der Waals surface area (Å²) in [4.78, 5) is 23.0.